The van der Waals surface area contributed by atoms with E-state index in [1.54, 1.807) is 6.20 Å². The molecule has 0 aliphatic carbocycles. The second kappa shape index (κ2) is 8.40. The highest BCUT2D eigenvalue weighted by Gasteiger charge is 2.23. The van der Waals surface area contributed by atoms with Gasteiger partial charge in [0.15, 0.2) is 5.75 Å². The van der Waals surface area contributed by atoms with E-state index in [1.165, 1.54) is 12.4 Å². The molecule has 2 aromatic heterocycles. The van der Waals surface area contributed by atoms with Gasteiger partial charge in [-0.2, -0.15) is 0 Å². The summed E-state index contributed by atoms with van der Waals surface area (Å²) in [5.74, 6) is 6.65. The van der Waals surface area contributed by atoms with Gasteiger partial charge in [0.25, 0.3) is 5.91 Å². The Morgan fingerprint density at radius 2 is 1.72 bits per heavy atom. The number of hydrogen-bond acceptors (Lipinski definition) is 6. The van der Waals surface area contributed by atoms with Crippen LogP contribution < -0.4 is 4.90 Å². The van der Waals surface area contributed by atoms with Gasteiger partial charge in [-0.3, -0.25) is 4.79 Å². The normalized spacial score (nSPS) is 13.5. The van der Waals surface area contributed by atoms with Crippen LogP contribution in [0.2, 0.25) is 0 Å². The van der Waals surface area contributed by atoms with Crippen LogP contribution in [0, 0.1) is 11.8 Å². The molecule has 144 valence electrons. The summed E-state index contributed by atoms with van der Waals surface area (Å²) in [5.41, 5.74) is 2.08. The molecule has 4 rings (SSSR count). The van der Waals surface area contributed by atoms with E-state index < -0.39 is 0 Å². The number of rotatable bonds is 2. The maximum absolute atomic E-state index is 12.9. The summed E-state index contributed by atoms with van der Waals surface area (Å²) in [6.45, 7) is 2.42. The molecule has 1 aromatic carbocycles. The van der Waals surface area contributed by atoms with Gasteiger partial charge < -0.3 is 14.9 Å². The molecule has 29 heavy (non-hydrogen) atoms. The Morgan fingerprint density at radius 3 is 2.45 bits per heavy atom. The number of benzene rings is 1. The predicted molar refractivity (Wildman–Crippen MR) is 108 cm³/mol. The van der Waals surface area contributed by atoms with Crippen molar-refractivity contribution < 1.29 is 9.90 Å². The average Bonchev–Trinajstić information content (AvgIpc) is 2.79. The number of nitrogens with zero attached hydrogens (tertiary/aromatic N) is 5. The molecular formula is C22H19N5O2. The molecule has 1 fully saturated rings. The first-order chi connectivity index (χ1) is 14.2. The topological polar surface area (TPSA) is 82.5 Å². The number of pyridine rings is 1. The van der Waals surface area contributed by atoms with Crippen LogP contribution in [-0.2, 0) is 0 Å². The maximum Gasteiger partial charge on any atom is 0.254 e. The standard InChI is InChI=1S/C22H19N5O2/c28-20-15-24-22(25-16-20)27-12-10-26(11-13-27)21(29)18-5-3-4-17(14-18)7-8-19-6-1-2-9-23-19/h1-6,9,14-16,28H,10-13H2. The van der Waals surface area contributed by atoms with Gasteiger partial charge in [-0.25, -0.2) is 15.0 Å². The number of anilines is 1. The van der Waals surface area contributed by atoms with E-state index in [0.29, 0.717) is 43.4 Å². The number of aromatic nitrogens is 3. The number of amides is 1. The van der Waals surface area contributed by atoms with Crippen LogP contribution in [0.3, 0.4) is 0 Å². The summed E-state index contributed by atoms with van der Waals surface area (Å²) in [4.78, 5) is 29.2. The summed E-state index contributed by atoms with van der Waals surface area (Å²) in [7, 11) is 0. The highest BCUT2D eigenvalue weighted by Crippen LogP contribution is 2.15. The van der Waals surface area contributed by atoms with E-state index in [0.717, 1.165) is 5.56 Å². The maximum atomic E-state index is 12.9. The van der Waals surface area contributed by atoms with Gasteiger partial charge in [0, 0.05) is 43.5 Å². The first-order valence-corrected chi connectivity index (χ1v) is 9.27. The second-order valence-corrected chi connectivity index (χ2v) is 6.57. The molecule has 0 saturated carbocycles. The molecule has 1 saturated heterocycles. The Kier molecular flexibility index (Phi) is 5.34. The van der Waals surface area contributed by atoms with E-state index >= 15 is 0 Å². The lowest BCUT2D eigenvalue weighted by molar-refractivity contribution is 0.0746. The number of carbonyl (C=O) groups is 1. The molecule has 1 N–H and O–H groups in total. The summed E-state index contributed by atoms with van der Waals surface area (Å²) >= 11 is 0. The molecule has 0 bridgehead atoms. The molecule has 3 heterocycles. The monoisotopic (exact) mass is 385 g/mol. The average molecular weight is 385 g/mol. The van der Waals surface area contributed by atoms with Crippen molar-refractivity contribution in [1.29, 1.82) is 0 Å². The Hall–Kier alpha value is -3.92. The SMILES string of the molecule is O=C(c1cccc(C#Cc2ccccn2)c1)N1CCN(c2ncc(O)cn2)CC1. The third-order valence-electron chi connectivity index (χ3n) is 4.58. The van der Waals surface area contributed by atoms with Crippen LogP contribution in [-0.4, -0.2) is 57.0 Å². The van der Waals surface area contributed by atoms with Crippen molar-refractivity contribution in [2.45, 2.75) is 0 Å². The van der Waals surface area contributed by atoms with Crippen molar-refractivity contribution in [2.24, 2.45) is 0 Å². The highest BCUT2D eigenvalue weighted by atomic mass is 16.3. The molecule has 0 spiro atoms. The van der Waals surface area contributed by atoms with Crippen LogP contribution in [0.5, 0.6) is 5.75 Å². The largest absolute Gasteiger partial charge is 0.505 e. The molecule has 0 unspecified atom stereocenters. The molecule has 1 aliphatic rings. The number of piperazine rings is 1. The van der Waals surface area contributed by atoms with Gasteiger partial charge in [-0.05, 0) is 36.3 Å². The third-order valence-corrected chi connectivity index (χ3v) is 4.58. The van der Waals surface area contributed by atoms with Crippen LogP contribution in [0.4, 0.5) is 5.95 Å². The van der Waals surface area contributed by atoms with E-state index in [1.807, 2.05) is 52.3 Å². The van der Waals surface area contributed by atoms with Crippen molar-refractivity contribution in [1.82, 2.24) is 19.9 Å². The molecule has 0 atom stereocenters. The molecule has 7 heteroatoms. The zero-order chi connectivity index (χ0) is 20.1. The molecule has 3 aromatic rings. The molecule has 1 amide bonds. The van der Waals surface area contributed by atoms with E-state index in [-0.39, 0.29) is 11.7 Å². The minimum atomic E-state index is -0.0160. The van der Waals surface area contributed by atoms with E-state index in [2.05, 4.69) is 26.8 Å². The third kappa shape index (κ3) is 4.50. The first kappa shape index (κ1) is 18.4. The highest BCUT2D eigenvalue weighted by molar-refractivity contribution is 5.94. The summed E-state index contributed by atoms with van der Waals surface area (Å²) in [6, 6.07) is 12.9. The van der Waals surface area contributed by atoms with Crippen LogP contribution in [0.25, 0.3) is 0 Å². The van der Waals surface area contributed by atoms with Crippen LogP contribution >= 0.6 is 0 Å². The fraction of sp³-hybridized carbons (Fsp3) is 0.182. The minimum absolute atomic E-state index is 0.0160. The lowest BCUT2D eigenvalue weighted by Gasteiger charge is -2.34. The molecule has 0 radical (unpaired) electrons. The lowest BCUT2D eigenvalue weighted by atomic mass is 10.1. The Morgan fingerprint density at radius 1 is 0.931 bits per heavy atom. The fourth-order valence-electron chi connectivity index (χ4n) is 3.07. The summed E-state index contributed by atoms with van der Waals surface area (Å²) < 4.78 is 0. The van der Waals surface area contributed by atoms with Gasteiger partial charge in [0.05, 0.1) is 12.4 Å². The van der Waals surface area contributed by atoms with Crippen molar-refractivity contribution in [3.05, 3.63) is 77.9 Å². The van der Waals surface area contributed by atoms with Crippen LogP contribution in [0.1, 0.15) is 21.6 Å². The predicted octanol–water partition coefficient (Wildman–Crippen LogP) is 1.94. The molecule has 1 aliphatic heterocycles. The van der Waals surface area contributed by atoms with Crippen LogP contribution in [0.15, 0.2) is 61.1 Å². The van der Waals surface area contributed by atoms with Crippen molar-refractivity contribution >= 4 is 11.9 Å². The van der Waals surface area contributed by atoms with Gasteiger partial charge >= 0.3 is 0 Å². The number of hydrogen-bond donors (Lipinski definition) is 1. The summed E-state index contributed by atoms with van der Waals surface area (Å²) in [6.07, 6.45) is 4.45. The number of aromatic hydroxyl groups is 1. The van der Waals surface area contributed by atoms with Crippen molar-refractivity contribution in [3.63, 3.8) is 0 Å². The molecular weight excluding hydrogens is 366 g/mol. The van der Waals surface area contributed by atoms with Gasteiger partial charge in [0.2, 0.25) is 5.95 Å². The lowest BCUT2D eigenvalue weighted by Crippen LogP contribution is -2.49. The van der Waals surface area contributed by atoms with E-state index in [9.17, 15) is 9.90 Å². The Balaban J connectivity index is 1.41. The zero-order valence-corrected chi connectivity index (χ0v) is 15.7. The number of carbonyl (C=O) groups excluding carboxylic acids is 1. The fourth-order valence-corrected chi connectivity index (χ4v) is 3.07. The van der Waals surface area contributed by atoms with Gasteiger partial charge in [0.1, 0.15) is 5.69 Å². The van der Waals surface area contributed by atoms with Crippen molar-refractivity contribution in [2.75, 3.05) is 31.1 Å². The quantitative estimate of drug-likeness (QED) is 0.679. The minimum Gasteiger partial charge on any atom is -0.505 e. The summed E-state index contributed by atoms with van der Waals surface area (Å²) in [5, 5.41) is 9.31. The zero-order valence-electron chi connectivity index (χ0n) is 15.7. The Labute approximate surface area is 168 Å². The van der Waals surface area contributed by atoms with E-state index in [4.69, 9.17) is 0 Å². The first-order valence-electron chi connectivity index (χ1n) is 9.27. The molecule has 7 nitrogen and oxygen atoms in total. The smallest absolute Gasteiger partial charge is 0.254 e. The Bertz CT molecular complexity index is 1050. The second-order valence-electron chi connectivity index (χ2n) is 6.57. The van der Waals surface area contributed by atoms with Crippen molar-refractivity contribution in [3.8, 4) is 17.6 Å². The van der Waals surface area contributed by atoms with Gasteiger partial charge in [-0.15, -0.1) is 0 Å². The van der Waals surface area contributed by atoms with Gasteiger partial charge in [-0.1, -0.05) is 18.1 Å².